The molecule has 10 nitrogen and oxygen atoms in total. The van der Waals surface area contributed by atoms with E-state index in [4.69, 9.17) is 27.8 Å². The van der Waals surface area contributed by atoms with Crippen molar-refractivity contribution in [1.29, 1.82) is 0 Å². The Bertz CT molecular complexity index is 887. The molecule has 0 amide bonds. The summed E-state index contributed by atoms with van der Waals surface area (Å²) in [6.45, 7) is 0. The van der Waals surface area contributed by atoms with E-state index < -0.39 is 15.2 Å². The number of methoxy groups -OCH3 is 1. The fraction of sp³-hybridized carbons (Fsp3) is 0.0667. The van der Waals surface area contributed by atoms with E-state index >= 15 is 0 Å². The van der Waals surface area contributed by atoms with E-state index in [2.05, 4.69) is 4.37 Å². The van der Waals surface area contributed by atoms with Crippen molar-refractivity contribution in [2.24, 2.45) is 0 Å². The summed E-state index contributed by atoms with van der Waals surface area (Å²) >= 11 is 1.23. The third-order valence-electron chi connectivity index (χ3n) is 3.05. The molecule has 0 radical (unpaired) electrons. The average Bonchev–Trinajstić information content (AvgIpc) is 3.10. The third-order valence-corrected chi connectivity index (χ3v) is 3.79. The predicted molar refractivity (Wildman–Crippen MR) is 82.8 cm³/mol. The number of nitro benzene ring substituents is 1. The van der Waals surface area contributed by atoms with Gasteiger partial charge in [0.1, 0.15) is 11.3 Å². The number of rotatable bonds is 4. The summed E-state index contributed by atoms with van der Waals surface area (Å²) in [4.78, 5) is 10.2. The van der Waals surface area contributed by atoms with Gasteiger partial charge >= 0.3 is 11.0 Å². The van der Waals surface area contributed by atoms with Gasteiger partial charge < -0.3 is 4.74 Å². The van der Waals surface area contributed by atoms with Crippen molar-refractivity contribution >= 4 is 17.2 Å². The molecule has 0 N–H and O–H groups in total. The van der Waals surface area contributed by atoms with E-state index in [1.165, 1.54) is 23.7 Å². The minimum Gasteiger partial charge on any atom is -0.497 e. The number of nitrogens with zero attached hydrogens (tertiary/aromatic N) is 2. The molecule has 0 atom stereocenters. The Morgan fingerprint density at radius 3 is 2.00 bits per heavy atom. The van der Waals surface area contributed by atoms with Crippen molar-refractivity contribution in [3.05, 3.63) is 58.6 Å². The normalized spacial score (nSPS) is 10.7. The standard InChI is InChI=1S/C15H11N2O4S.ClHO4/c1-20-13-8-4-11(5-9-13)15-21-14(16-22-15)10-2-6-12(7-3-10)17(18)19;2-1(3,4)5/h2-9H,1H3;(H,2,3,4,5)/q+1;/p-1. The van der Waals surface area contributed by atoms with Crippen LogP contribution in [0.2, 0.25) is 0 Å². The lowest BCUT2D eigenvalue weighted by atomic mass is 10.2. The zero-order valence-electron chi connectivity index (χ0n) is 13.6. The van der Waals surface area contributed by atoms with Crippen LogP contribution in [-0.2, 0) is 0 Å². The number of nitro groups is 1. The average molecular weight is 415 g/mol. The molecule has 27 heavy (non-hydrogen) atoms. The van der Waals surface area contributed by atoms with Crippen LogP contribution in [0, 0.1) is 20.4 Å². The molecule has 0 aliphatic heterocycles. The monoisotopic (exact) mass is 414 g/mol. The highest BCUT2D eigenvalue weighted by Crippen LogP contribution is 2.30. The van der Waals surface area contributed by atoms with Crippen molar-refractivity contribution in [3.8, 4) is 27.8 Å². The van der Waals surface area contributed by atoms with Crippen LogP contribution in [0.15, 0.2) is 52.9 Å². The van der Waals surface area contributed by atoms with Crippen molar-refractivity contribution in [2.45, 2.75) is 0 Å². The van der Waals surface area contributed by atoms with E-state index in [1.807, 2.05) is 24.3 Å². The predicted octanol–water partition coefficient (Wildman–Crippen LogP) is -0.645. The van der Waals surface area contributed by atoms with Crippen molar-refractivity contribution in [3.63, 3.8) is 0 Å². The van der Waals surface area contributed by atoms with Crippen LogP contribution in [0.1, 0.15) is 0 Å². The maximum atomic E-state index is 10.6. The zero-order chi connectivity index (χ0) is 20.0. The first-order valence-electron chi connectivity index (χ1n) is 6.98. The van der Waals surface area contributed by atoms with Gasteiger partial charge in [-0.1, -0.05) is 0 Å². The summed E-state index contributed by atoms with van der Waals surface area (Å²) in [5, 5.41) is 11.3. The highest BCUT2D eigenvalue weighted by atomic mass is 35.7. The molecule has 0 saturated heterocycles. The van der Waals surface area contributed by atoms with E-state index in [-0.39, 0.29) is 5.69 Å². The Morgan fingerprint density at radius 2 is 1.52 bits per heavy atom. The van der Waals surface area contributed by atoms with Crippen molar-refractivity contribution < 1.29 is 43.0 Å². The van der Waals surface area contributed by atoms with Crippen molar-refractivity contribution in [1.82, 2.24) is 4.37 Å². The van der Waals surface area contributed by atoms with E-state index in [0.717, 1.165) is 11.3 Å². The second-order valence-corrected chi connectivity index (χ2v) is 6.28. The van der Waals surface area contributed by atoms with Gasteiger partial charge in [0.05, 0.1) is 17.6 Å². The Labute approximate surface area is 158 Å². The number of hydrogen-bond acceptors (Lipinski definition) is 7. The SMILES string of the molecule is COc1ccc(-c2[o+]c(-c3ccc([N+](=O)[O-])cc3)[n-][s+]2)cc1.[O-][Cl+3]([O-])([O-])[O-]. The van der Waals surface area contributed by atoms with Gasteiger partial charge in [-0.15, -0.1) is 10.2 Å². The Morgan fingerprint density at radius 1 is 1.00 bits per heavy atom. The van der Waals surface area contributed by atoms with E-state index in [9.17, 15) is 10.1 Å². The van der Waals surface area contributed by atoms with Gasteiger partial charge in [-0.3, -0.25) is 14.5 Å². The van der Waals surface area contributed by atoms with Gasteiger partial charge in [0, 0.05) is 12.1 Å². The van der Waals surface area contributed by atoms with Crippen molar-refractivity contribution in [2.75, 3.05) is 7.11 Å². The summed E-state index contributed by atoms with van der Waals surface area (Å²) in [6, 6.07) is 13.6. The molecule has 3 aromatic rings. The Kier molecular flexibility index (Phi) is 6.74. The Balaban J connectivity index is 0.000000465. The number of benzene rings is 2. The van der Waals surface area contributed by atoms with Gasteiger partial charge in [0.2, 0.25) is 0 Å². The lowest BCUT2D eigenvalue weighted by Crippen LogP contribution is -2.68. The van der Waals surface area contributed by atoms with Crippen LogP contribution >= 0.6 is 11.5 Å². The van der Waals surface area contributed by atoms with Gasteiger partial charge in [-0.05, 0) is 36.4 Å². The van der Waals surface area contributed by atoms with Gasteiger partial charge in [0.25, 0.3) is 17.2 Å². The fourth-order valence-electron chi connectivity index (χ4n) is 1.88. The summed E-state index contributed by atoms with van der Waals surface area (Å²) < 4.78 is 49.1. The topological polar surface area (TPSA) is 170 Å². The minimum absolute atomic E-state index is 0.0364. The Hall–Kier alpha value is -2.67. The molecule has 142 valence electrons. The second kappa shape index (κ2) is 8.81. The molecule has 0 unspecified atom stereocenters. The maximum Gasteiger partial charge on any atom is 0.598 e. The van der Waals surface area contributed by atoms with Gasteiger partial charge in [0.15, 0.2) is 0 Å². The molecular weight excluding hydrogens is 404 g/mol. The molecule has 0 aliphatic carbocycles. The molecule has 0 aliphatic rings. The van der Waals surface area contributed by atoms with Crippen LogP contribution in [-0.4, -0.2) is 12.0 Å². The first kappa shape index (κ1) is 20.6. The fourth-order valence-corrected chi connectivity index (χ4v) is 2.55. The molecular formula is C15H11ClN2O8S. The molecule has 1 heterocycles. The summed E-state index contributed by atoms with van der Waals surface area (Å²) in [5.74, 6) is 1.20. The summed E-state index contributed by atoms with van der Waals surface area (Å²) in [6.07, 6.45) is 0. The summed E-state index contributed by atoms with van der Waals surface area (Å²) in [7, 11) is -3.33. The molecule has 2 aromatic carbocycles. The molecule has 3 rings (SSSR count). The first-order valence-corrected chi connectivity index (χ1v) is 8.99. The quantitative estimate of drug-likeness (QED) is 0.305. The van der Waals surface area contributed by atoms with Crippen LogP contribution in [0.5, 0.6) is 5.75 Å². The molecule has 1 aromatic heterocycles. The lowest BCUT2D eigenvalue weighted by molar-refractivity contribution is -2.00. The molecule has 0 saturated carbocycles. The molecule has 12 heteroatoms. The highest BCUT2D eigenvalue weighted by Gasteiger charge is 2.25. The van der Waals surface area contributed by atoms with Crippen LogP contribution in [0.3, 0.4) is 0 Å². The van der Waals surface area contributed by atoms with Gasteiger partial charge in [-0.25, -0.2) is 18.6 Å². The molecule has 0 spiro atoms. The third kappa shape index (κ3) is 6.53. The maximum absolute atomic E-state index is 10.6. The lowest BCUT2D eigenvalue weighted by Gasteiger charge is -2.17. The smallest absolute Gasteiger partial charge is 0.497 e. The van der Waals surface area contributed by atoms with E-state index in [0.29, 0.717) is 16.5 Å². The number of aromatic nitrogens is 1. The first-order chi connectivity index (χ1) is 12.7. The van der Waals surface area contributed by atoms with Crippen LogP contribution < -0.4 is 27.7 Å². The summed E-state index contributed by atoms with van der Waals surface area (Å²) in [5.41, 5.74) is 1.63. The highest BCUT2D eigenvalue weighted by molar-refractivity contribution is 7.08. The molecule has 0 fully saturated rings. The van der Waals surface area contributed by atoms with Crippen LogP contribution in [0.4, 0.5) is 5.69 Å². The number of ether oxygens (including phenoxy) is 1. The molecule has 0 bridgehead atoms. The number of hydrogen-bond donors (Lipinski definition) is 0. The number of halogens is 1. The number of non-ortho nitro benzene ring substituents is 1. The largest absolute Gasteiger partial charge is 0.598 e. The second-order valence-electron chi connectivity index (χ2n) is 4.79. The minimum atomic E-state index is -4.94. The zero-order valence-corrected chi connectivity index (χ0v) is 15.1. The van der Waals surface area contributed by atoms with E-state index in [1.54, 1.807) is 19.2 Å². The van der Waals surface area contributed by atoms with Crippen LogP contribution in [0.25, 0.3) is 22.1 Å². The van der Waals surface area contributed by atoms with Gasteiger partial charge in [-0.2, -0.15) is 4.42 Å².